The summed E-state index contributed by atoms with van der Waals surface area (Å²) in [4.78, 5) is 9.73. The van der Waals surface area contributed by atoms with Crippen LogP contribution in [0.15, 0.2) is 24.3 Å². The fraction of sp³-hybridized carbons (Fsp3) is 0.375. The highest BCUT2D eigenvalue weighted by molar-refractivity contribution is 5.64. The standard InChI is InChI=1S/C8H12O/c1-2-3-4-5-6-7-8-9/h2-3,6-8H,4-5H2,1H3/b3-2-,7-6-. The molecule has 0 atom stereocenters. The normalized spacial score (nSPS) is 11.2. The van der Waals surface area contributed by atoms with Gasteiger partial charge < -0.3 is 0 Å². The Kier molecular flexibility index (Phi) is 6.47. The first-order valence-electron chi connectivity index (χ1n) is 3.13. The van der Waals surface area contributed by atoms with Gasteiger partial charge in [-0.1, -0.05) is 18.2 Å². The molecule has 0 bridgehead atoms. The van der Waals surface area contributed by atoms with Crippen LogP contribution in [0.4, 0.5) is 0 Å². The molecule has 0 spiro atoms. The van der Waals surface area contributed by atoms with Crippen molar-refractivity contribution in [2.24, 2.45) is 0 Å². The zero-order chi connectivity index (χ0) is 6.95. The van der Waals surface area contributed by atoms with E-state index < -0.39 is 0 Å². The first-order chi connectivity index (χ1) is 4.41. The third kappa shape index (κ3) is 7.15. The molecule has 0 aromatic heterocycles. The minimum atomic E-state index is 0.801. The molecular weight excluding hydrogens is 112 g/mol. The Labute approximate surface area is 56.1 Å². The molecular formula is C8H12O. The maximum absolute atomic E-state index is 9.73. The van der Waals surface area contributed by atoms with Crippen LogP contribution in [0.3, 0.4) is 0 Å². The summed E-state index contributed by atoms with van der Waals surface area (Å²) in [7, 11) is 0. The molecule has 0 fully saturated rings. The van der Waals surface area contributed by atoms with Gasteiger partial charge in [0.2, 0.25) is 0 Å². The summed E-state index contributed by atoms with van der Waals surface area (Å²) in [6.07, 6.45) is 10.3. The van der Waals surface area contributed by atoms with Gasteiger partial charge in [-0.3, -0.25) is 4.79 Å². The van der Waals surface area contributed by atoms with Crippen molar-refractivity contribution in [2.75, 3.05) is 0 Å². The lowest BCUT2D eigenvalue weighted by Gasteiger charge is -1.81. The fourth-order valence-corrected chi connectivity index (χ4v) is 0.511. The molecule has 0 aliphatic heterocycles. The molecule has 0 aliphatic carbocycles. The maximum Gasteiger partial charge on any atom is 0.142 e. The van der Waals surface area contributed by atoms with E-state index in [0.717, 1.165) is 19.1 Å². The molecule has 0 saturated carbocycles. The van der Waals surface area contributed by atoms with E-state index in [9.17, 15) is 4.79 Å². The Hall–Kier alpha value is -0.850. The number of allylic oxidation sites excluding steroid dienone is 4. The molecule has 0 rings (SSSR count). The van der Waals surface area contributed by atoms with Crippen LogP contribution in [0.25, 0.3) is 0 Å². The lowest BCUT2D eigenvalue weighted by atomic mass is 10.3. The second-order valence-corrected chi connectivity index (χ2v) is 1.71. The predicted octanol–water partition coefficient (Wildman–Crippen LogP) is 2.10. The van der Waals surface area contributed by atoms with Crippen LogP contribution in [-0.4, -0.2) is 6.29 Å². The molecule has 0 aromatic rings. The Morgan fingerprint density at radius 3 is 2.44 bits per heavy atom. The number of unbranched alkanes of at least 4 members (excludes halogenated alkanes) is 1. The Balaban J connectivity index is 3.08. The average Bonchev–Trinajstić information content (AvgIpc) is 1.89. The Morgan fingerprint density at radius 2 is 1.89 bits per heavy atom. The lowest BCUT2D eigenvalue weighted by molar-refractivity contribution is -0.104. The van der Waals surface area contributed by atoms with Gasteiger partial charge in [0.05, 0.1) is 0 Å². The molecule has 0 heterocycles. The highest BCUT2D eigenvalue weighted by atomic mass is 16.1. The number of hydrogen-bond acceptors (Lipinski definition) is 1. The van der Waals surface area contributed by atoms with E-state index in [0.29, 0.717) is 0 Å². The maximum atomic E-state index is 9.73. The van der Waals surface area contributed by atoms with Crippen LogP contribution in [-0.2, 0) is 4.79 Å². The van der Waals surface area contributed by atoms with Crippen molar-refractivity contribution < 1.29 is 4.79 Å². The molecule has 0 radical (unpaired) electrons. The average molecular weight is 124 g/mol. The van der Waals surface area contributed by atoms with Crippen LogP contribution >= 0.6 is 0 Å². The van der Waals surface area contributed by atoms with Gasteiger partial charge >= 0.3 is 0 Å². The smallest absolute Gasteiger partial charge is 0.142 e. The summed E-state index contributed by atoms with van der Waals surface area (Å²) in [5, 5.41) is 0. The number of aldehydes is 1. The summed E-state index contributed by atoms with van der Waals surface area (Å²) in [6, 6.07) is 0. The first kappa shape index (κ1) is 8.15. The predicted molar refractivity (Wildman–Crippen MR) is 39.3 cm³/mol. The third-order valence-electron chi connectivity index (χ3n) is 0.950. The van der Waals surface area contributed by atoms with Gasteiger partial charge in [-0.15, -0.1) is 0 Å². The van der Waals surface area contributed by atoms with E-state index in [1.807, 2.05) is 19.1 Å². The molecule has 0 unspecified atom stereocenters. The van der Waals surface area contributed by atoms with Crippen LogP contribution in [0, 0.1) is 0 Å². The molecule has 0 aliphatic rings. The van der Waals surface area contributed by atoms with Gasteiger partial charge in [-0.2, -0.15) is 0 Å². The number of hydrogen-bond donors (Lipinski definition) is 0. The fourth-order valence-electron chi connectivity index (χ4n) is 0.511. The molecule has 1 heteroatoms. The van der Waals surface area contributed by atoms with Crippen molar-refractivity contribution in [3.05, 3.63) is 24.3 Å². The molecule has 0 amide bonds. The quantitative estimate of drug-likeness (QED) is 0.243. The van der Waals surface area contributed by atoms with Crippen LogP contribution in [0.5, 0.6) is 0 Å². The summed E-state index contributed by atoms with van der Waals surface area (Å²) < 4.78 is 0. The molecule has 0 aromatic carbocycles. The van der Waals surface area contributed by atoms with Gasteiger partial charge in [-0.25, -0.2) is 0 Å². The van der Waals surface area contributed by atoms with Crippen molar-refractivity contribution in [1.82, 2.24) is 0 Å². The minimum absolute atomic E-state index is 0.801. The van der Waals surface area contributed by atoms with E-state index in [1.165, 1.54) is 6.08 Å². The largest absolute Gasteiger partial charge is 0.299 e. The van der Waals surface area contributed by atoms with Gasteiger partial charge in [0.15, 0.2) is 0 Å². The van der Waals surface area contributed by atoms with E-state index in [-0.39, 0.29) is 0 Å². The van der Waals surface area contributed by atoms with Crippen LogP contribution < -0.4 is 0 Å². The number of carbonyl (C=O) groups is 1. The lowest BCUT2D eigenvalue weighted by Crippen LogP contribution is -1.64. The highest BCUT2D eigenvalue weighted by Crippen LogP contribution is 1.90. The van der Waals surface area contributed by atoms with Crippen LogP contribution in [0.1, 0.15) is 19.8 Å². The zero-order valence-electron chi connectivity index (χ0n) is 5.71. The van der Waals surface area contributed by atoms with Crippen molar-refractivity contribution in [1.29, 1.82) is 0 Å². The van der Waals surface area contributed by atoms with Crippen molar-refractivity contribution in [3.8, 4) is 0 Å². The van der Waals surface area contributed by atoms with Gasteiger partial charge in [-0.05, 0) is 25.8 Å². The van der Waals surface area contributed by atoms with Gasteiger partial charge in [0, 0.05) is 0 Å². The van der Waals surface area contributed by atoms with E-state index in [1.54, 1.807) is 0 Å². The third-order valence-corrected chi connectivity index (χ3v) is 0.950. The van der Waals surface area contributed by atoms with E-state index in [4.69, 9.17) is 0 Å². The van der Waals surface area contributed by atoms with E-state index in [2.05, 4.69) is 6.08 Å². The molecule has 0 saturated heterocycles. The SMILES string of the molecule is C/C=C\CC/C=C\C=O. The molecule has 50 valence electrons. The van der Waals surface area contributed by atoms with Crippen LogP contribution in [0.2, 0.25) is 0 Å². The van der Waals surface area contributed by atoms with Gasteiger partial charge in [0.1, 0.15) is 6.29 Å². The Bertz CT molecular complexity index is 112. The molecule has 1 nitrogen and oxygen atoms in total. The summed E-state index contributed by atoms with van der Waals surface area (Å²) in [5.41, 5.74) is 0. The summed E-state index contributed by atoms with van der Waals surface area (Å²) >= 11 is 0. The van der Waals surface area contributed by atoms with Gasteiger partial charge in [0.25, 0.3) is 0 Å². The highest BCUT2D eigenvalue weighted by Gasteiger charge is 1.72. The topological polar surface area (TPSA) is 17.1 Å². The monoisotopic (exact) mass is 124 g/mol. The van der Waals surface area contributed by atoms with Crippen molar-refractivity contribution in [2.45, 2.75) is 19.8 Å². The number of rotatable bonds is 4. The summed E-state index contributed by atoms with van der Waals surface area (Å²) in [5.74, 6) is 0. The van der Waals surface area contributed by atoms with Crippen molar-refractivity contribution >= 4 is 6.29 Å². The van der Waals surface area contributed by atoms with Crippen molar-refractivity contribution in [3.63, 3.8) is 0 Å². The minimum Gasteiger partial charge on any atom is -0.299 e. The molecule has 9 heavy (non-hydrogen) atoms. The second-order valence-electron chi connectivity index (χ2n) is 1.71. The summed E-state index contributed by atoms with van der Waals surface area (Å²) in [6.45, 7) is 1.99. The Morgan fingerprint density at radius 1 is 1.22 bits per heavy atom. The van der Waals surface area contributed by atoms with E-state index >= 15 is 0 Å². The number of carbonyl (C=O) groups excluding carboxylic acids is 1. The first-order valence-corrected chi connectivity index (χ1v) is 3.13. The zero-order valence-corrected chi connectivity index (χ0v) is 5.71. The second kappa shape index (κ2) is 7.15. The molecule has 0 N–H and O–H groups in total.